The molecule has 0 radical (unpaired) electrons. The third-order valence-corrected chi connectivity index (χ3v) is 3.71. The molecule has 0 spiro atoms. The first kappa shape index (κ1) is 14.2. The Bertz CT molecular complexity index is 875. The molecule has 0 fully saturated rings. The van der Waals surface area contributed by atoms with Gasteiger partial charge in [0.2, 0.25) is 0 Å². The zero-order valence-corrected chi connectivity index (χ0v) is 12.1. The van der Waals surface area contributed by atoms with Crippen LogP contribution in [0.1, 0.15) is 11.1 Å². The zero-order chi connectivity index (χ0) is 15.7. The van der Waals surface area contributed by atoms with Crippen LogP contribution in [0.2, 0.25) is 0 Å². The van der Waals surface area contributed by atoms with E-state index in [0.717, 1.165) is 27.6 Å². The van der Waals surface area contributed by atoms with E-state index in [-0.39, 0.29) is 5.69 Å². The Balaban J connectivity index is 2.46. The molecule has 5 heteroatoms. The van der Waals surface area contributed by atoms with Crippen molar-refractivity contribution >= 4 is 16.6 Å². The molecule has 2 N–H and O–H groups in total. The van der Waals surface area contributed by atoms with Crippen LogP contribution < -0.4 is 5.73 Å². The molecule has 0 amide bonds. The molecule has 110 valence electrons. The highest BCUT2D eigenvalue weighted by Crippen LogP contribution is 2.37. The van der Waals surface area contributed by atoms with Crippen LogP contribution >= 0.6 is 0 Å². The largest absolute Gasteiger partial charge is 0.326 e. The first-order valence-electron chi connectivity index (χ1n) is 6.94. The van der Waals surface area contributed by atoms with Crippen LogP contribution in [0.4, 0.5) is 5.69 Å². The maximum atomic E-state index is 11.5. The average Bonchev–Trinajstić information content (AvgIpc) is 2.53. The molecule has 0 aliphatic rings. The van der Waals surface area contributed by atoms with E-state index in [1.165, 1.54) is 6.20 Å². The minimum atomic E-state index is -0.391. The summed E-state index contributed by atoms with van der Waals surface area (Å²) in [7, 11) is 0. The monoisotopic (exact) mass is 293 g/mol. The number of nitrogens with two attached hydrogens (primary N) is 1. The quantitative estimate of drug-likeness (QED) is 0.591. The Morgan fingerprint density at radius 1 is 1.23 bits per heavy atom. The van der Waals surface area contributed by atoms with Crippen LogP contribution in [0.15, 0.2) is 48.7 Å². The molecular formula is C17H15N3O2. The van der Waals surface area contributed by atoms with Gasteiger partial charge in [-0.1, -0.05) is 35.9 Å². The molecule has 0 atom stereocenters. The highest BCUT2D eigenvalue weighted by molar-refractivity contribution is 6.00. The molecule has 0 aliphatic heterocycles. The van der Waals surface area contributed by atoms with Gasteiger partial charge in [-0.25, -0.2) is 4.98 Å². The Labute approximate surface area is 127 Å². The molecule has 2 aromatic carbocycles. The SMILES string of the molecule is Cc1ccc2ncc([N+](=O)[O-])c(-c3ccccc3CN)c2c1. The fraction of sp³-hybridized carbons (Fsp3) is 0.118. The molecule has 0 unspecified atom stereocenters. The van der Waals surface area contributed by atoms with Crippen molar-refractivity contribution < 1.29 is 4.92 Å². The van der Waals surface area contributed by atoms with Gasteiger partial charge in [-0.05, 0) is 30.2 Å². The van der Waals surface area contributed by atoms with Crippen LogP contribution in [-0.2, 0) is 6.54 Å². The maximum absolute atomic E-state index is 11.5. The Kier molecular flexibility index (Phi) is 3.56. The number of nitrogens with zero attached hydrogens (tertiary/aromatic N) is 2. The standard InChI is InChI=1S/C17H15N3O2/c1-11-6-7-15-14(8-11)17(16(10-19-15)20(21)22)13-5-3-2-4-12(13)9-18/h2-8,10H,9,18H2,1H3. The van der Waals surface area contributed by atoms with Gasteiger partial charge < -0.3 is 5.73 Å². The smallest absolute Gasteiger partial charge is 0.295 e. The Morgan fingerprint density at radius 2 is 2.00 bits per heavy atom. The van der Waals surface area contributed by atoms with E-state index >= 15 is 0 Å². The molecule has 1 aromatic heterocycles. The predicted octanol–water partition coefficient (Wildman–Crippen LogP) is 3.58. The summed E-state index contributed by atoms with van der Waals surface area (Å²) in [5.74, 6) is 0. The first-order valence-corrected chi connectivity index (χ1v) is 6.94. The van der Waals surface area contributed by atoms with E-state index in [0.29, 0.717) is 12.1 Å². The molecule has 0 saturated heterocycles. The van der Waals surface area contributed by atoms with Gasteiger partial charge in [-0.3, -0.25) is 10.1 Å². The maximum Gasteiger partial charge on any atom is 0.295 e. The van der Waals surface area contributed by atoms with Gasteiger partial charge in [0.05, 0.1) is 16.0 Å². The number of hydrogen-bond donors (Lipinski definition) is 1. The van der Waals surface area contributed by atoms with E-state index in [1.807, 2.05) is 49.4 Å². The molecule has 3 rings (SSSR count). The third-order valence-electron chi connectivity index (χ3n) is 3.71. The lowest BCUT2D eigenvalue weighted by molar-refractivity contribution is -0.384. The molecule has 22 heavy (non-hydrogen) atoms. The lowest BCUT2D eigenvalue weighted by atomic mass is 9.94. The second kappa shape index (κ2) is 5.54. The van der Waals surface area contributed by atoms with Crippen molar-refractivity contribution in [2.45, 2.75) is 13.5 Å². The lowest BCUT2D eigenvalue weighted by Crippen LogP contribution is -2.01. The van der Waals surface area contributed by atoms with Gasteiger partial charge in [-0.15, -0.1) is 0 Å². The molecule has 5 nitrogen and oxygen atoms in total. The molecule has 0 bridgehead atoms. The number of nitro groups is 1. The number of pyridine rings is 1. The summed E-state index contributed by atoms with van der Waals surface area (Å²) < 4.78 is 0. The van der Waals surface area contributed by atoms with E-state index in [1.54, 1.807) is 0 Å². The van der Waals surface area contributed by atoms with Crippen LogP contribution in [0.3, 0.4) is 0 Å². The number of fused-ring (bicyclic) bond motifs is 1. The summed E-state index contributed by atoms with van der Waals surface area (Å²) in [6.45, 7) is 2.28. The summed E-state index contributed by atoms with van der Waals surface area (Å²) in [5.41, 5.74) is 9.81. The minimum absolute atomic E-state index is 0.000926. The van der Waals surface area contributed by atoms with Gasteiger partial charge in [0.1, 0.15) is 6.20 Å². The van der Waals surface area contributed by atoms with Gasteiger partial charge >= 0.3 is 0 Å². The fourth-order valence-corrected chi connectivity index (χ4v) is 2.66. The number of benzene rings is 2. The van der Waals surface area contributed by atoms with E-state index in [9.17, 15) is 10.1 Å². The van der Waals surface area contributed by atoms with Crippen LogP contribution in [0, 0.1) is 17.0 Å². The molecular weight excluding hydrogens is 278 g/mol. The summed E-state index contributed by atoms with van der Waals surface area (Å²) >= 11 is 0. The van der Waals surface area contributed by atoms with Gasteiger partial charge in [0.15, 0.2) is 0 Å². The normalized spacial score (nSPS) is 10.8. The Morgan fingerprint density at radius 3 is 2.73 bits per heavy atom. The van der Waals surface area contributed by atoms with E-state index < -0.39 is 4.92 Å². The van der Waals surface area contributed by atoms with Crippen LogP contribution in [-0.4, -0.2) is 9.91 Å². The second-order valence-electron chi connectivity index (χ2n) is 5.16. The topological polar surface area (TPSA) is 82.0 Å². The zero-order valence-electron chi connectivity index (χ0n) is 12.1. The molecule has 0 aliphatic carbocycles. The highest BCUT2D eigenvalue weighted by atomic mass is 16.6. The van der Waals surface area contributed by atoms with E-state index in [2.05, 4.69) is 4.98 Å². The third kappa shape index (κ3) is 2.31. The van der Waals surface area contributed by atoms with Crippen molar-refractivity contribution in [3.8, 4) is 11.1 Å². The van der Waals surface area contributed by atoms with E-state index in [4.69, 9.17) is 5.73 Å². The fourth-order valence-electron chi connectivity index (χ4n) is 2.66. The van der Waals surface area contributed by atoms with Gasteiger partial charge in [0, 0.05) is 11.9 Å². The van der Waals surface area contributed by atoms with Crippen molar-refractivity contribution in [1.82, 2.24) is 4.98 Å². The van der Waals surface area contributed by atoms with Crippen LogP contribution in [0.25, 0.3) is 22.0 Å². The number of rotatable bonds is 3. The van der Waals surface area contributed by atoms with Crippen molar-refractivity contribution in [2.24, 2.45) is 5.73 Å². The average molecular weight is 293 g/mol. The summed E-state index contributed by atoms with van der Waals surface area (Å²) in [5, 5.41) is 12.2. The van der Waals surface area contributed by atoms with Crippen molar-refractivity contribution in [3.63, 3.8) is 0 Å². The second-order valence-corrected chi connectivity index (χ2v) is 5.16. The summed E-state index contributed by atoms with van der Waals surface area (Å²) in [6, 6.07) is 13.3. The van der Waals surface area contributed by atoms with Crippen molar-refractivity contribution in [1.29, 1.82) is 0 Å². The van der Waals surface area contributed by atoms with Crippen LogP contribution in [0.5, 0.6) is 0 Å². The first-order chi connectivity index (χ1) is 10.6. The number of aromatic nitrogens is 1. The molecule has 3 aromatic rings. The molecule has 1 heterocycles. The predicted molar refractivity (Wildman–Crippen MR) is 86.5 cm³/mol. The number of aryl methyl sites for hydroxylation is 1. The Hall–Kier alpha value is -2.79. The highest BCUT2D eigenvalue weighted by Gasteiger charge is 2.21. The van der Waals surface area contributed by atoms with Gasteiger partial charge in [0.25, 0.3) is 5.69 Å². The summed E-state index contributed by atoms with van der Waals surface area (Å²) in [4.78, 5) is 15.3. The number of hydrogen-bond acceptors (Lipinski definition) is 4. The van der Waals surface area contributed by atoms with Crippen molar-refractivity contribution in [2.75, 3.05) is 0 Å². The minimum Gasteiger partial charge on any atom is -0.326 e. The van der Waals surface area contributed by atoms with Gasteiger partial charge in [-0.2, -0.15) is 0 Å². The molecule has 0 saturated carbocycles. The lowest BCUT2D eigenvalue weighted by Gasteiger charge is -2.11. The van der Waals surface area contributed by atoms with Crippen molar-refractivity contribution in [3.05, 3.63) is 69.9 Å². The summed E-state index contributed by atoms with van der Waals surface area (Å²) in [6.07, 6.45) is 1.32.